The van der Waals surface area contributed by atoms with Crippen LogP contribution in [0.1, 0.15) is 53.0 Å². The second kappa shape index (κ2) is 11.8. The van der Waals surface area contributed by atoms with Crippen molar-refractivity contribution in [2.75, 3.05) is 18.0 Å². The van der Waals surface area contributed by atoms with E-state index in [2.05, 4.69) is 57.0 Å². The van der Waals surface area contributed by atoms with Crippen LogP contribution in [0.15, 0.2) is 78.7 Å². The molecule has 0 unspecified atom stereocenters. The fraction of sp³-hybridized carbons (Fsp3) is 0.379. The zero-order valence-electron chi connectivity index (χ0n) is 21.5. The van der Waals surface area contributed by atoms with Gasteiger partial charge in [0.25, 0.3) is 5.69 Å². The number of hydrogen-bond acceptors (Lipinski definition) is 4. The topological polar surface area (TPSA) is 72.2 Å². The van der Waals surface area contributed by atoms with E-state index in [-0.39, 0.29) is 16.0 Å². The van der Waals surface area contributed by atoms with Crippen molar-refractivity contribution in [2.45, 2.75) is 52.9 Å². The van der Waals surface area contributed by atoms with Gasteiger partial charge < -0.3 is 15.0 Å². The Morgan fingerprint density at radius 1 is 1.14 bits per heavy atom. The summed E-state index contributed by atoms with van der Waals surface area (Å²) in [5.74, 6) is 2.32. The van der Waals surface area contributed by atoms with Crippen LogP contribution in [0.25, 0.3) is 0 Å². The highest BCUT2D eigenvalue weighted by molar-refractivity contribution is 5.66. The minimum Gasteiger partial charge on any atom is -0.439 e. The quantitative estimate of drug-likeness (QED) is 0.177. The number of anilines is 1. The molecule has 0 aromatic heterocycles. The second-order valence-electron chi connectivity index (χ2n) is 9.92. The molecule has 35 heavy (non-hydrogen) atoms. The van der Waals surface area contributed by atoms with E-state index < -0.39 is 0 Å². The molecule has 0 fully saturated rings. The Bertz CT molecular complexity index is 1120. The molecule has 0 spiro atoms. The minimum absolute atomic E-state index is 0.141. The van der Waals surface area contributed by atoms with E-state index >= 15 is 0 Å². The van der Waals surface area contributed by atoms with Gasteiger partial charge in [-0.2, -0.15) is 0 Å². The van der Waals surface area contributed by atoms with Gasteiger partial charge in [0, 0.05) is 30.3 Å². The molecule has 0 radical (unpaired) electrons. The summed E-state index contributed by atoms with van der Waals surface area (Å²) in [6.07, 6.45) is 12.0. The molecule has 0 saturated carbocycles. The Hall–Kier alpha value is -3.38. The Morgan fingerprint density at radius 3 is 2.63 bits per heavy atom. The molecular formula is C29H38N3O3+. The second-order valence-corrected chi connectivity index (χ2v) is 9.92. The molecule has 0 amide bonds. The first-order chi connectivity index (χ1) is 16.7. The molecule has 1 aliphatic rings. The summed E-state index contributed by atoms with van der Waals surface area (Å²) in [6.45, 7) is 12.6. The van der Waals surface area contributed by atoms with Crippen molar-refractivity contribution < 1.29 is 15.0 Å². The average molecular weight is 477 g/mol. The third kappa shape index (κ3) is 6.83. The summed E-state index contributed by atoms with van der Waals surface area (Å²) in [5.41, 5.74) is 3.09. The van der Waals surface area contributed by atoms with Crippen molar-refractivity contribution in [1.82, 2.24) is 0 Å². The number of nitrogens with zero attached hydrogens (tertiary/aromatic N) is 2. The van der Waals surface area contributed by atoms with Crippen LogP contribution in [0.3, 0.4) is 0 Å². The molecule has 1 heterocycles. The van der Waals surface area contributed by atoms with E-state index in [1.165, 1.54) is 0 Å². The van der Waals surface area contributed by atoms with Crippen LogP contribution >= 0.6 is 0 Å². The smallest absolute Gasteiger partial charge is 0.270 e. The normalized spacial score (nSPS) is 14.9. The van der Waals surface area contributed by atoms with Gasteiger partial charge in [-0.1, -0.05) is 64.1 Å². The number of rotatable bonds is 11. The van der Waals surface area contributed by atoms with Gasteiger partial charge in [-0.25, -0.2) is 0 Å². The largest absolute Gasteiger partial charge is 0.439 e. The number of nitro benzene ring substituents is 1. The van der Waals surface area contributed by atoms with Gasteiger partial charge in [-0.3, -0.25) is 10.1 Å². The lowest BCUT2D eigenvalue weighted by Crippen LogP contribution is -2.78. The zero-order valence-corrected chi connectivity index (χ0v) is 21.5. The first-order valence-electron chi connectivity index (χ1n) is 12.4. The van der Waals surface area contributed by atoms with E-state index in [0.717, 1.165) is 54.5 Å². The Kier molecular flexibility index (Phi) is 8.88. The van der Waals surface area contributed by atoms with Crippen LogP contribution in [0.2, 0.25) is 0 Å². The summed E-state index contributed by atoms with van der Waals surface area (Å²) in [5, 5.41) is 13.6. The third-order valence-electron chi connectivity index (χ3n) is 6.26. The highest BCUT2D eigenvalue weighted by Gasteiger charge is 2.27. The Balaban J connectivity index is 1.68. The summed E-state index contributed by atoms with van der Waals surface area (Å²) in [4.78, 5) is 13.2. The molecule has 6 heteroatoms. The molecule has 2 N–H and O–H groups in total. The fourth-order valence-corrected chi connectivity index (χ4v) is 4.25. The van der Waals surface area contributed by atoms with E-state index in [0.29, 0.717) is 5.92 Å². The van der Waals surface area contributed by atoms with Crippen LogP contribution in [-0.4, -0.2) is 18.0 Å². The number of allylic oxidation sites excluding steroid dienone is 5. The number of nitrogens with two attached hydrogens (primary N) is 1. The summed E-state index contributed by atoms with van der Waals surface area (Å²) < 4.78 is 5.97. The monoisotopic (exact) mass is 476 g/mol. The number of nitro groups is 1. The van der Waals surface area contributed by atoms with Crippen molar-refractivity contribution in [1.29, 1.82) is 0 Å². The lowest BCUT2D eigenvalue weighted by Gasteiger charge is -2.25. The molecule has 0 saturated heterocycles. The van der Waals surface area contributed by atoms with Crippen molar-refractivity contribution in [2.24, 2.45) is 5.92 Å². The van der Waals surface area contributed by atoms with Crippen molar-refractivity contribution >= 4 is 17.1 Å². The van der Waals surface area contributed by atoms with Gasteiger partial charge in [0.05, 0.1) is 17.2 Å². The Morgan fingerprint density at radius 2 is 1.91 bits per heavy atom. The van der Waals surface area contributed by atoms with E-state index in [1.807, 2.05) is 48.6 Å². The van der Waals surface area contributed by atoms with Gasteiger partial charge in [0.1, 0.15) is 5.69 Å². The average Bonchev–Trinajstić information content (AvgIpc) is 3.18. The number of non-ortho nitro benzene ring substituents is 1. The molecule has 0 aliphatic carbocycles. The molecular weight excluding hydrogens is 438 g/mol. The lowest BCUT2D eigenvalue weighted by molar-refractivity contribution is -0.573. The highest BCUT2D eigenvalue weighted by atomic mass is 16.6. The molecule has 6 nitrogen and oxygen atoms in total. The van der Waals surface area contributed by atoms with E-state index in [1.54, 1.807) is 12.1 Å². The number of hydrogen-bond donors (Lipinski definition) is 1. The van der Waals surface area contributed by atoms with Crippen LogP contribution in [0.4, 0.5) is 17.1 Å². The number of ether oxygens (including phenoxy) is 1. The number of para-hydroxylation sites is 2. The van der Waals surface area contributed by atoms with Gasteiger partial charge in [-0.05, 0) is 49.3 Å². The molecule has 2 aromatic rings. The highest BCUT2D eigenvalue weighted by Crippen LogP contribution is 2.38. The van der Waals surface area contributed by atoms with Crippen molar-refractivity contribution in [3.63, 3.8) is 0 Å². The predicted molar refractivity (Wildman–Crippen MR) is 143 cm³/mol. The van der Waals surface area contributed by atoms with Crippen molar-refractivity contribution in [3.05, 3.63) is 94.4 Å². The summed E-state index contributed by atoms with van der Waals surface area (Å²) in [6, 6.07) is 13.3. The number of fused-ring (bicyclic) bond motifs is 1. The van der Waals surface area contributed by atoms with Crippen LogP contribution in [0, 0.1) is 16.0 Å². The van der Waals surface area contributed by atoms with Crippen LogP contribution < -0.4 is 15.0 Å². The molecule has 0 bridgehead atoms. The fourth-order valence-electron chi connectivity index (χ4n) is 4.25. The number of quaternary nitrogens is 1. The van der Waals surface area contributed by atoms with E-state index in [9.17, 15) is 10.1 Å². The maximum absolute atomic E-state index is 11.4. The zero-order chi connectivity index (χ0) is 25.4. The maximum atomic E-state index is 11.4. The third-order valence-corrected chi connectivity index (χ3v) is 6.26. The number of benzene rings is 2. The Labute approximate surface area is 209 Å². The van der Waals surface area contributed by atoms with Crippen LogP contribution in [0.5, 0.6) is 5.75 Å². The molecule has 3 rings (SSSR count). The minimum atomic E-state index is -0.313. The lowest BCUT2D eigenvalue weighted by atomic mass is 9.80. The standard InChI is InChI=1S/C29H37N3O3/c1-6-31-26-13-10-11-14-27(26)35-28(31)15-9-7-8-12-19-29(4,5)24-21-23(32(33)34)16-17-25(24)30-20-18-22(2)3/h7-17,21-22,30H,6,18-20H2,1-5H3/p+1/b9-7+,12-8+,28-15-. The molecule has 0 atom stereocenters. The summed E-state index contributed by atoms with van der Waals surface area (Å²) in [7, 11) is 0. The van der Waals surface area contributed by atoms with Gasteiger partial charge in [0.2, 0.25) is 5.88 Å². The van der Waals surface area contributed by atoms with Crippen LogP contribution in [-0.2, 0) is 5.41 Å². The maximum Gasteiger partial charge on any atom is 0.270 e. The molecule has 186 valence electrons. The summed E-state index contributed by atoms with van der Waals surface area (Å²) >= 11 is 0. The van der Waals surface area contributed by atoms with Gasteiger partial charge in [0.15, 0.2) is 5.75 Å². The van der Waals surface area contributed by atoms with Gasteiger partial charge >= 0.3 is 0 Å². The SMILES string of the molecule is CCN1/C(=C/C=C/C=C/CC(C)(C)c2cc([N+](=O)[O-])ccc2[NH2+]CCC(C)C)Oc2ccccc21. The van der Waals surface area contributed by atoms with Crippen molar-refractivity contribution in [3.8, 4) is 5.75 Å². The predicted octanol–water partition coefficient (Wildman–Crippen LogP) is 6.38. The van der Waals surface area contributed by atoms with Gasteiger partial charge in [-0.15, -0.1) is 0 Å². The first-order valence-corrected chi connectivity index (χ1v) is 12.4. The first kappa shape index (κ1) is 26.2. The molecule has 1 aliphatic heterocycles. The van der Waals surface area contributed by atoms with E-state index in [4.69, 9.17) is 4.74 Å². The molecule has 2 aromatic carbocycles.